The molecule has 5 rings (SSSR count). The van der Waals surface area contributed by atoms with E-state index in [9.17, 15) is 33.9 Å². The number of amides is 3. The van der Waals surface area contributed by atoms with E-state index in [0.717, 1.165) is 19.3 Å². The van der Waals surface area contributed by atoms with Crippen LogP contribution in [-0.4, -0.2) is 105 Å². The molecule has 4 N–H and O–H groups in total. The van der Waals surface area contributed by atoms with Crippen LogP contribution in [0.2, 0.25) is 0 Å². The maximum absolute atomic E-state index is 12.7. The smallest absolute Gasteiger partial charge is 0.670 e. The van der Waals surface area contributed by atoms with Gasteiger partial charge in [0.1, 0.15) is 6.04 Å². The van der Waals surface area contributed by atoms with Gasteiger partial charge in [-0.15, -0.1) is 6.54 Å². The van der Waals surface area contributed by atoms with Gasteiger partial charge >= 0.3 is 34.4 Å². The number of nitrogens with zero attached hydrogens (tertiary/aromatic N) is 1. The Kier molecular flexibility index (Phi) is 27.5. The molecule has 0 aromatic rings. The minimum absolute atomic E-state index is 0. The summed E-state index contributed by atoms with van der Waals surface area (Å²) in [6, 6.07) is -1.30. The molecule has 1 heterocycles. The molecule has 10 atom stereocenters. The van der Waals surface area contributed by atoms with E-state index in [4.69, 9.17) is 5.73 Å². The van der Waals surface area contributed by atoms with Gasteiger partial charge in [-0.1, -0.05) is 99.1 Å². The van der Waals surface area contributed by atoms with Gasteiger partial charge in [-0.25, -0.2) is 0 Å². The summed E-state index contributed by atoms with van der Waals surface area (Å²) >= 11 is 0. The van der Waals surface area contributed by atoms with Crippen LogP contribution in [0.4, 0.5) is 0 Å². The molecule has 3 fully saturated rings. The van der Waals surface area contributed by atoms with E-state index in [1.165, 1.54) is 12.3 Å². The Morgan fingerprint density at radius 2 is 1.26 bits per heavy atom. The second kappa shape index (κ2) is 27.5. The van der Waals surface area contributed by atoms with Crippen LogP contribution >= 0.6 is 15.8 Å². The normalized spacial score (nSPS) is 26.2. The zero-order valence-electron chi connectivity index (χ0n) is 34.5. The van der Waals surface area contributed by atoms with Crippen molar-refractivity contribution in [2.45, 2.75) is 94.2 Å². The van der Waals surface area contributed by atoms with Crippen LogP contribution in [0.25, 0.3) is 11.1 Å². The van der Waals surface area contributed by atoms with Gasteiger partial charge in [0.25, 0.3) is 0 Å². The van der Waals surface area contributed by atoms with Gasteiger partial charge < -0.3 is 36.3 Å². The maximum atomic E-state index is 12.7. The molecule has 0 radical (unpaired) electrons. The van der Waals surface area contributed by atoms with Crippen molar-refractivity contribution in [2.75, 3.05) is 52.1 Å². The van der Waals surface area contributed by atoms with Crippen LogP contribution in [-0.2, 0) is 50.0 Å². The van der Waals surface area contributed by atoms with E-state index in [-0.39, 0.29) is 124 Å². The Morgan fingerprint density at radius 3 is 1.67 bits per heavy atom. The summed E-state index contributed by atoms with van der Waals surface area (Å²) in [5.74, 6) is -3.44. The van der Waals surface area contributed by atoms with Gasteiger partial charge in [-0.2, -0.15) is 0 Å². The number of rotatable bonds is 14. The molecule has 4 bridgehead atoms. The number of carbonyl (C=O) groups is 6. The number of carboxylic acids is 1. The first-order valence-corrected chi connectivity index (χ1v) is 25.2. The molecule has 4 aliphatic carbocycles. The van der Waals surface area contributed by atoms with Crippen LogP contribution in [0.1, 0.15) is 82.1 Å². The molecule has 2 saturated carbocycles. The Morgan fingerprint density at radius 1 is 0.807 bits per heavy atom. The SMILES string of the molecule is C.C.CCCNC(=O)[C@@H](NC(=O)[C@H]1C2C=CC(C2)[C@H]1C(=O)O)C(C)C.CCC[N-]C(=O)[C@@H]([NH-])C(C)C.C[PH+](C)CC[PH+](C)C.O=C1OC(=O)[C@H]2C3C=CC(C3)[C@@H]12.[Ni+2]. The Labute approximate surface area is 356 Å². The number of ether oxygens (including phenoxy) is 1. The number of carboxylic acid groups (broad SMARTS) is 1. The molecule has 0 aromatic carbocycles. The monoisotopic (exact) mass is 884 g/mol. The van der Waals surface area contributed by atoms with Crippen LogP contribution < -0.4 is 10.6 Å². The van der Waals surface area contributed by atoms with Crippen molar-refractivity contribution in [1.82, 2.24) is 10.6 Å². The first kappa shape index (κ1) is 56.9. The van der Waals surface area contributed by atoms with Gasteiger partial charge in [-0.3, -0.25) is 24.0 Å². The molecule has 3 amide bonds. The van der Waals surface area contributed by atoms with E-state index in [1.54, 1.807) is 0 Å². The van der Waals surface area contributed by atoms with Gasteiger partial charge in [0, 0.05) is 39.1 Å². The standard InChI is InChI=1S/C17H26N2O4.C9H8O3.C8H17N2O.C6H16P2.2CH4.Ni/c1-4-7-18-16(21)14(9(2)3)19-15(20)12-10-5-6-11(8-10)13(12)17(22)23;10-8-6-4-1-2-5(3-4)7(6)9(11)12-8;1-4-5-10-8(11)7(9)6(2)3;1-7(2)5-6-8(3)4;;;/h5-6,9-14H,4,7-8H2,1-3H3,(H,18,21)(H,19,20)(H,22,23);1-2,4-7H,3H2;6-7,9H,4-5H2,1-3H3,(H,10,11);5-6H2,1-4H3;2*1H4;/q;;-1;;;;+2/p+1/t10?,11?,12-,13+,14-;4?,5?,6-,7+;7-;;;;/m0.0..../s1. The van der Waals surface area contributed by atoms with E-state index >= 15 is 0 Å². The largest absolute Gasteiger partial charge is 2.00 e. The number of carbonyl (C=O) groups excluding carboxylic acids is 5. The fourth-order valence-corrected chi connectivity index (χ4v) is 11.5. The van der Waals surface area contributed by atoms with Gasteiger partial charge in [0.15, 0.2) is 0 Å². The number of cyclic esters (lactones) is 2. The quantitative estimate of drug-likeness (QED) is 0.0533. The molecular weight excluding hydrogens is 809 g/mol. The van der Waals surface area contributed by atoms with E-state index in [1.807, 2.05) is 65.8 Å². The summed E-state index contributed by atoms with van der Waals surface area (Å²) in [5, 5.41) is 18.7. The first-order chi connectivity index (χ1) is 25.4. The molecule has 15 heteroatoms. The van der Waals surface area contributed by atoms with E-state index in [2.05, 4.69) is 47.3 Å². The summed E-state index contributed by atoms with van der Waals surface area (Å²) in [4.78, 5) is 69.7. The summed E-state index contributed by atoms with van der Waals surface area (Å²) in [7, 11) is 0.191. The number of fused-ring (bicyclic) bond motifs is 7. The molecule has 5 aliphatic rings. The van der Waals surface area contributed by atoms with Crippen molar-refractivity contribution in [3.05, 3.63) is 35.4 Å². The number of esters is 2. The van der Waals surface area contributed by atoms with Gasteiger partial charge in [0.05, 0.1) is 36.0 Å². The third-order valence-corrected chi connectivity index (χ3v) is 13.6. The van der Waals surface area contributed by atoms with E-state index in [0.29, 0.717) is 19.5 Å². The molecule has 57 heavy (non-hydrogen) atoms. The molecule has 4 unspecified atom stereocenters. The summed E-state index contributed by atoms with van der Waals surface area (Å²) < 4.78 is 4.59. The average molecular weight is 886 g/mol. The Balaban J connectivity index is 0. The van der Waals surface area contributed by atoms with Crippen molar-refractivity contribution >= 4 is 51.5 Å². The number of nitrogens with one attached hydrogen (secondary N) is 3. The van der Waals surface area contributed by atoms with E-state index < -0.39 is 29.9 Å². The molecule has 1 aliphatic heterocycles. The van der Waals surface area contributed by atoms with Crippen LogP contribution in [0.5, 0.6) is 0 Å². The molecule has 330 valence electrons. The predicted molar refractivity (Wildman–Crippen MR) is 234 cm³/mol. The number of aliphatic carboxylic acids is 1. The third kappa shape index (κ3) is 16.8. The van der Waals surface area contributed by atoms with Crippen molar-refractivity contribution in [3.63, 3.8) is 0 Å². The minimum atomic E-state index is -0.932. The minimum Gasteiger partial charge on any atom is -0.670 e. The summed E-state index contributed by atoms with van der Waals surface area (Å²) in [6.07, 6.45) is 14.4. The van der Waals surface area contributed by atoms with Crippen LogP contribution in [0.3, 0.4) is 0 Å². The van der Waals surface area contributed by atoms with Crippen molar-refractivity contribution in [3.8, 4) is 0 Å². The van der Waals surface area contributed by atoms with Crippen molar-refractivity contribution in [2.24, 2.45) is 59.2 Å². The maximum Gasteiger partial charge on any atom is 2.00 e. The van der Waals surface area contributed by atoms with Gasteiger partial charge in [0.2, 0.25) is 11.8 Å². The first-order valence-electron chi connectivity index (χ1n) is 19.8. The number of hydrogen-bond acceptors (Lipinski definition) is 7. The molecule has 0 aromatic heterocycles. The summed E-state index contributed by atoms with van der Waals surface area (Å²) in [6.45, 7) is 22.1. The van der Waals surface area contributed by atoms with Crippen molar-refractivity contribution in [1.29, 1.82) is 0 Å². The van der Waals surface area contributed by atoms with Crippen LogP contribution in [0.15, 0.2) is 24.3 Å². The van der Waals surface area contributed by atoms with Crippen LogP contribution in [0, 0.1) is 59.2 Å². The van der Waals surface area contributed by atoms with Gasteiger partial charge in [-0.05, 0) is 64.7 Å². The fourth-order valence-electron chi connectivity index (χ4n) is 7.46. The average Bonchev–Trinajstić information content (AvgIpc) is 3.95. The zero-order chi connectivity index (χ0) is 40.9. The number of hydrogen-bond donors (Lipinski definition) is 3. The van der Waals surface area contributed by atoms with Crippen molar-refractivity contribution < 1.29 is 55.1 Å². The third-order valence-electron chi connectivity index (χ3n) is 10.6. The predicted octanol–water partition coefficient (Wildman–Crippen LogP) is 7.26. The number of allylic oxidation sites excluding steroid dienone is 4. The molecule has 1 saturated heterocycles. The summed E-state index contributed by atoms with van der Waals surface area (Å²) in [5.41, 5.74) is 7.37. The zero-order valence-corrected chi connectivity index (χ0v) is 37.5. The molecular formula is C42H76N4NiO8P2+2. The second-order valence-electron chi connectivity index (χ2n) is 16.5. The Bertz CT molecular complexity index is 1320. The molecule has 12 nitrogen and oxygen atoms in total. The topological polar surface area (TPSA) is 194 Å². The second-order valence-corrected chi connectivity index (χ2v) is 22.3. The fraction of sp³-hybridized carbons (Fsp3) is 0.762. The Hall–Kier alpha value is -2.19. The molecule has 0 spiro atoms.